The Balaban J connectivity index is 2.56. The van der Waals surface area contributed by atoms with Crippen LogP contribution in [0.4, 0.5) is 0 Å². The van der Waals surface area contributed by atoms with Crippen LogP contribution in [0.5, 0.6) is 0 Å². The minimum atomic E-state index is -0.000602. The maximum Gasteiger partial charge on any atom is 0.239 e. The van der Waals surface area contributed by atoms with Gasteiger partial charge >= 0.3 is 0 Å². The van der Waals surface area contributed by atoms with Crippen molar-refractivity contribution in [2.45, 2.75) is 31.8 Å². The Morgan fingerprint density at radius 2 is 2.40 bits per heavy atom. The van der Waals surface area contributed by atoms with Gasteiger partial charge in [0.15, 0.2) is 0 Å². The maximum absolute atomic E-state index is 11.8. The standard InChI is InChI=1S/C10H19N3OS/c1-7(6-9(11)15)13(3)8-4-5-12(2)10(8)14/h7-8H,4-6H2,1-3H3,(H2,11,15). The number of hydrogen-bond donors (Lipinski definition) is 1. The third kappa shape index (κ3) is 2.89. The minimum Gasteiger partial charge on any atom is -0.393 e. The highest BCUT2D eigenvalue weighted by molar-refractivity contribution is 7.80. The van der Waals surface area contributed by atoms with Gasteiger partial charge in [0.05, 0.1) is 11.0 Å². The lowest BCUT2D eigenvalue weighted by Gasteiger charge is -2.29. The van der Waals surface area contributed by atoms with Crippen molar-refractivity contribution in [2.75, 3.05) is 20.6 Å². The fourth-order valence-corrected chi connectivity index (χ4v) is 2.17. The number of nitrogens with two attached hydrogens (primary N) is 1. The number of nitrogens with zero attached hydrogens (tertiary/aromatic N) is 2. The van der Waals surface area contributed by atoms with E-state index in [9.17, 15) is 4.79 Å². The molecule has 5 heteroatoms. The highest BCUT2D eigenvalue weighted by atomic mass is 32.1. The van der Waals surface area contributed by atoms with Crippen molar-refractivity contribution >= 4 is 23.1 Å². The summed E-state index contributed by atoms with van der Waals surface area (Å²) in [6.45, 7) is 2.89. The van der Waals surface area contributed by atoms with Crippen LogP contribution in [0, 0.1) is 0 Å². The zero-order chi connectivity index (χ0) is 11.6. The lowest BCUT2D eigenvalue weighted by Crippen LogP contribution is -2.44. The number of hydrogen-bond acceptors (Lipinski definition) is 3. The van der Waals surface area contributed by atoms with E-state index in [1.54, 1.807) is 4.90 Å². The number of carbonyl (C=O) groups excluding carboxylic acids is 1. The van der Waals surface area contributed by atoms with E-state index in [0.717, 1.165) is 13.0 Å². The summed E-state index contributed by atoms with van der Waals surface area (Å²) in [5.74, 6) is 0.201. The largest absolute Gasteiger partial charge is 0.393 e. The van der Waals surface area contributed by atoms with E-state index < -0.39 is 0 Å². The Hall–Kier alpha value is -0.680. The molecule has 1 aliphatic heterocycles. The molecule has 2 N–H and O–H groups in total. The van der Waals surface area contributed by atoms with Crippen LogP contribution < -0.4 is 5.73 Å². The molecule has 2 atom stereocenters. The van der Waals surface area contributed by atoms with Gasteiger partial charge in [0.25, 0.3) is 0 Å². The highest BCUT2D eigenvalue weighted by Crippen LogP contribution is 2.17. The van der Waals surface area contributed by atoms with Crippen LogP contribution in [0.3, 0.4) is 0 Å². The molecule has 1 amide bonds. The Morgan fingerprint density at radius 1 is 1.80 bits per heavy atom. The molecule has 0 aliphatic carbocycles. The van der Waals surface area contributed by atoms with E-state index in [0.29, 0.717) is 11.4 Å². The van der Waals surface area contributed by atoms with E-state index in [-0.39, 0.29) is 18.0 Å². The van der Waals surface area contributed by atoms with Crippen molar-refractivity contribution in [3.8, 4) is 0 Å². The normalized spacial score (nSPS) is 23.6. The van der Waals surface area contributed by atoms with Crippen LogP contribution in [-0.4, -0.2) is 53.4 Å². The molecule has 0 saturated carbocycles. The predicted molar refractivity (Wildman–Crippen MR) is 64.7 cm³/mol. The lowest BCUT2D eigenvalue weighted by molar-refractivity contribution is -0.131. The Morgan fingerprint density at radius 3 is 2.80 bits per heavy atom. The molecule has 2 unspecified atom stereocenters. The summed E-state index contributed by atoms with van der Waals surface area (Å²) in [4.78, 5) is 16.1. The second-order valence-electron chi connectivity index (χ2n) is 4.25. The summed E-state index contributed by atoms with van der Waals surface area (Å²) in [6, 6.07) is 0.224. The van der Waals surface area contributed by atoms with Gasteiger partial charge in [-0.25, -0.2) is 0 Å². The molecule has 4 nitrogen and oxygen atoms in total. The first kappa shape index (κ1) is 12.4. The number of carbonyl (C=O) groups is 1. The van der Waals surface area contributed by atoms with Gasteiger partial charge in [-0.2, -0.15) is 0 Å². The lowest BCUT2D eigenvalue weighted by atomic mass is 10.1. The second-order valence-corrected chi connectivity index (χ2v) is 4.77. The molecular formula is C10H19N3OS. The molecule has 1 saturated heterocycles. The van der Waals surface area contributed by atoms with E-state index >= 15 is 0 Å². The third-order valence-electron chi connectivity index (χ3n) is 3.08. The number of amides is 1. The zero-order valence-corrected chi connectivity index (χ0v) is 10.4. The smallest absolute Gasteiger partial charge is 0.239 e. The molecule has 1 heterocycles. The van der Waals surface area contributed by atoms with Crippen molar-refractivity contribution < 1.29 is 4.79 Å². The zero-order valence-electron chi connectivity index (χ0n) is 9.56. The van der Waals surface area contributed by atoms with Gasteiger partial charge in [0.2, 0.25) is 5.91 Å². The van der Waals surface area contributed by atoms with Crippen LogP contribution in [-0.2, 0) is 4.79 Å². The minimum absolute atomic E-state index is 0.000602. The molecule has 0 spiro atoms. The van der Waals surface area contributed by atoms with Crippen LogP contribution in [0.2, 0.25) is 0 Å². The monoisotopic (exact) mass is 229 g/mol. The van der Waals surface area contributed by atoms with Crippen molar-refractivity contribution in [3.63, 3.8) is 0 Å². The first-order valence-electron chi connectivity index (χ1n) is 5.18. The van der Waals surface area contributed by atoms with Gasteiger partial charge < -0.3 is 10.6 Å². The van der Waals surface area contributed by atoms with Gasteiger partial charge in [-0.1, -0.05) is 12.2 Å². The summed E-state index contributed by atoms with van der Waals surface area (Å²) in [5.41, 5.74) is 5.50. The number of rotatable bonds is 4. The van der Waals surface area contributed by atoms with Crippen molar-refractivity contribution in [1.29, 1.82) is 0 Å². The van der Waals surface area contributed by atoms with Crippen molar-refractivity contribution in [3.05, 3.63) is 0 Å². The van der Waals surface area contributed by atoms with Crippen LogP contribution in [0.1, 0.15) is 19.8 Å². The van der Waals surface area contributed by atoms with E-state index in [2.05, 4.69) is 4.90 Å². The van der Waals surface area contributed by atoms with Gasteiger partial charge in [-0.3, -0.25) is 9.69 Å². The quantitative estimate of drug-likeness (QED) is 0.700. The molecule has 0 radical (unpaired) electrons. The summed E-state index contributed by atoms with van der Waals surface area (Å²) in [5, 5.41) is 0. The Labute approximate surface area is 96.4 Å². The molecular weight excluding hydrogens is 210 g/mol. The average Bonchev–Trinajstić information content (AvgIpc) is 2.45. The van der Waals surface area contributed by atoms with Crippen molar-refractivity contribution in [1.82, 2.24) is 9.80 Å². The summed E-state index contributed by atoms with van der Waals surface area (Å²) < 4.78 is 0. The van der Waals surface area contributed by atoms with Crippen LogP contribution in [0.25, 0.3) is 0 Å². The van der Waals surface area contributed by atoms with Gasteiger partial charge in [0, 0.05) is 26.1 Å². The topological polar surface area (TPSA) is 49.6 Å². The van der Waals surface area contributed by atoms with Crippen LogP contribution in [0.15, 0.2) is 0 Å². The van der Waals surface area contributed by atoms with E-state index in [1.165, 1.54) is 0 Å². The Kier molecular flexibility index (Phi) is 4.04. The van der Waals surface area contributed by atoms with E-state index in [1.807, 2.05) is 21.0 Å². The average molecular weight is 229 g/mol. The second kappa shape index (κ2) is 4.90. The number of thiocarbonyl (C=S) groups is 1. The first-order chi connectivity index (χ1) is 6.93. The van der Waals surface area contributed by atoms with Crippen LogP contribution >= 0.6 is 12.2 Å². The summed E-state index contributed by atoms with van der Waals surface area (Å²) in [7, 11) is 3.80. The molecule has 0 bridgehead atoms. The fourth-order valence-electron chi connectivity index (χ4n) is 1.92. The molecule has 1 fully saturated rings. The fraction of sp³-hybridized carbons (Fsp3) is 0.800. The predicted octanol–water partition coefficient (Wildman–Crippen LogP) is 0.214. The Bertz CT molecular complexity index is 269. The third-order valence-corrected chi connectivity index (χ3v) is 3.25. The van der Waals surface area contributed by atoms with Crippen molar-refractivity contribution in [2.24, 2.45) is 5.73 Å². The molecule has 0 aromatic carbocycles. The molecule has 0 aromatic heterocycles. The summed E-state index contributed by atoms with van der Waals surface area (Å²) >= 11 is 4.87. The number of likely N-dealkylation sites (tertiary alicyclic amines) is 1. The SMILES string of the molecule is CC(CC(N)=S)N(C)C1CCN(C)C1=O. The highest BCUT2D eigenvalue weighted by Gasteiger charge is 2.33. The van der Waals surface area contributed by atoms with Gasteiger partial charge in [-0.05, 0) is 20.4 Å². The number of likely N-dealkylation sites (N-methyl/N-ethyl adjacent to an activating group) is 2. The molecule has 1 rings (SSSR count). The molecule has 0 aromatic rings. The maximum atomic E-state index is 11.8. The first-order valence-corrected chi connectivity index (χ1v) is 5.59. The molecule has 15 heavy (non-hydrogen) atoms. The van der Waals surface area contributed by atoms with Gasteiger partial charge in [0.1, 0.15) is 0 Å². The molecule has 86 valence electrons. The molecule has 1 aliphatic rings. The van der Waals surface area contributed by atoms with Gasteiger partial charge in [-0.15, -0.1) is 0 Å². The summed E-state index contributed by atoms with van der Waals surface area (Å²) in [6.07, 6.45) is 1.56. The van der Waals surface area contributed by atoms with E-state index in [4.69, 9.17) is 18.0 Å².